The van der Waals surface area contributed by atoms with Gasteiger partial charge in [0, 0.05) is 6.54 Å². The molecule has 1 aliphatic rings. The third-order valence-electron chi connectivity index (χ3n) is 3.09. The summed E-state index contributed by atoms with van der Waals surface area (Å²) in [5.41, 5.74) is 1.49. The summed E-state index contributed by atoms with van der Waals surface area (Å²) < 4.78 is 0. The van der Waals surface area contributed by atoms with Crippen LogP contribution in [0.25, 0.3) is 0 Å². The Morgan fingerprint density at radius 1 is 1.29 bits per heavy atom. The normalized spacial score (nSPS) is 23.6. The number of benzene rings is 1. The topological polar surface area (TPSA) is 3.24 Å². The summed E-state index contributed by atoms with van der Waals surface area (Å²) in [7, 11) is 2.23. The highest BCUT2D eigenvalue weighted by Gasteiger charge is 2.16. The molecule has 1 atom stereocenters. The van der Waals surface area contributed by atoms with Crippen molar-refractivity contribution in [3.63, 3.8) is 0 Å². The first kappa shape index (κ1) is 9.72. The second kappa shape index (κ2) is 4.61. The standard InChI is InChI=1S/C13H19N/c1-14-9-5-8-13(11-14)10-12-6-3-2-4-7-12/h2-4,6-7,13H,5,8-11H2,1H3/t13-/m1/s1. The Morgan fingerprint density at radius 2 is 2.07 bits per heavy atom. The SMILES string of the molecule is CN1CCC[C@H](Cc2ccccc2)C1. The lowest BCUT2D eigenvalue weighted by Crippen LogP contribution is -2.32. The number of hydrogen-bond acceptors (Lipinski definition) is 1. The van der Waals surface area contributed by atoms with Crippen LogP contribution in [-0.2, 0) is 6.42 Å². The molecular formula is C13H19N. The molecule has 1 heterocycles. The molecule has 0 unspecified atom stereocenters. The van der Waals surface area contributed by atoms with Crippen LogP contribution in [0.15, 0.2) is 30.3 Å². The molecule has 1 aromatic rings. The van der Waals surface area contributed by atoms with Gasteiger partial charge in [-0.3, -0.25) is 0 Å². The predicted octanol–water partition coefficient (Wildman–Crippen LogP) is 2.57. The highest BCUT2D eigenvalue weighted by atomic mass is 15.1. The summed E-state index contributed by atoms with van der Waals surface area (Å²) in [6.45, 7) is 2.56. The summed E-state index contributed by atoms with van der Waals surface area (Å²) in [6.07, 6.45) is 4.03. The monoisotopic (exact) mass is 189 g/mol. The average Bonchev–Trinajstić information content (AvgIpc) is 2.19. The van der Waals surface area contributed by atoms with E-state index in [1.54, 1.807) is 0 Å². The van der Waals surface area contributed by atoms with Gasteiger partial charge in [0.2, 0.25) is 0 Å². The minimum absolute atomic E-state index is 0.871. The van der Waals surface area contributed by atoms with Gasteiger partial charge in [0.1, 0.15) is 0 Å². The molecule has 0 saturated carbocycles. The van der Waals surface area contributed by atoms with Crippen molar-refractivity contribution in [1.29, 1.82) is 0 Å². The van der Waals surface area contributed by atoms with Gasteiger partial charge in [-0.1, -0.05) is 30.3 Å². The molecule has 1 fully saturated rings. The maximum atomic E-state index is 2.46. The first-order chi connectivity index (χ1) is 6.84. The Kier molecular flexibility index (Phi) is 3.20. The Morgan fingerprint density at radius 3 is 2.79 bits per heavy atom. The molecule has 1 saturated heterocycles. The summed E-state index contributed by atoms with van der Waals surface area (Å²) in [4.78, 5) is 2.46. The minimum atomic E-state index is 0.871. The molecule has 0 amide bonds. The van der Waals surface area contributed by atoms with Crippen molar-refractivity contribution in [1.82, 2.24) is 4.90 Å². The van der Waals surface area contributed by atoms with Gasteiger partial charge in [0.25, 0.3) is 0 Å². The maximum Gasteiger partial charge on any atom is 0.000979 e. The molecule has 0 N–H and O–H groups in total. The summed E-state index contributed by atoms with van der Waals surface area (Å²) in [5.74, 6) is 0.871. The van der Waals surface area contributed by atoms with Gasteiger partial charge in [-0.05, 0) is 44.3 Å². The first-order valence-corrected chi connectivity index (χ1v) is 5.57. The summed E-state index contributed by atoms with van der Waals surface area (Å²) >= 11 is 0. The van der Waals surface area contributed by atoms with Gasteiger partial charge in [-0.2, -0.15) is 0 Å². The number of rotatable bonds is 2. The lowest BCUT2D eigenvalue weighted by molar-refractivity contribution is 0.209. The van der Waals surface area contributed by atoms with Gasteiger partial charge in [-0.25, -0.2) is 0 Å². The highest BCUT2D eigenvalue weighted by Crippen LogP contribution is 2.19. The molecular weight excluding hydrogens is 170 g/mol. The molecule has 14 heavy (non-hydrogen) atoms. The zero-order chi connectivity index (χ0) is 9.80. The number of nitrogens with zero attached hydrogens (tertiary/aromatic N) is 1. The van der Waals surface area contributed by atoms with E-state index in [4.69, 9.17) is 0 Å². The van der Waals surface area contributed by atoms with Crippen LogP contribution in [0.4, 0.5) is 0 Å². The molecule has 0 bridgehead atoms. The van der Waals surface area contributed by atoms with Crippen LogP contribution in [0.2, 0.25) is 0 Å². The van der Waals surface area contributed by atoms with E-state index >= 15 is 0 Å². The van der Waals surface area contributed by atoms with Crippen LogP contribution in [0.3, 0.4) is 0 Å². The van der Waals surface area contributed by atoms with Crippen LogP contribution in [-0.4, -0.2) is 25.0 Å². The molecule has 0 radical (unpaired) electrons. The zero-order valence-corrected chi connectivity index (χ0v) is 8.95. The fourth-order valence-electron chi connectivity index (χ4n) is 2.39. The molecule has 1 aliphatic heterocycles. The van der Waals surface area contributed by atoms with E-state index in [1.807, 2.05) is 0 Å². The van der Waals surface area contributed by atoms with Crippen LogP contribution >= 0.6 is 0 Å². The van der Waals surface area contributed by atoms with E-state index in [2.05, 4.69) is 42.3 Å². The van der Waals surface area contributed by atoms with E-state index in [0.717, 1.165) is 5.92 Å². The van der Waals surface area contributed by atoms with E-state index in [-0.39, 0.29) is 0 Å². The van der Waals surface area contributed by atoms with Gasteiger partial charge in [0.05, 0.1) is 0 Å². The fraction of sp³-hybridized carbons (Fsp3) is 0.538. The van der Waals surface area contributed by atoms with Crippen LogP contribution < -0.4 is 0 Å². The molecule has 76 valence electrons. The third-order valence-corrected chi connectivity index (χ3v) is 3.09. The number of piperidine rings is 1. The van der Waals surface area contributed by atoms with Gasteiger partial charge in [0.15, 0.2) is 0 Å². The first-order valence-electron chi connectivity index (χ1n) is 5.57. The maximum absolute atomic E-state index is 2.46. The predicted molar refractivity (Wildman–Crippen MR) is 60.4 cm³/mol. The van der Waals surface area contributed by atoms with Crippen LogP contribution in [0, 0.1) is 5.92 Å². The van der Waals surface area contributed by atoms with Gasteiger partial charge >= 0.3 is 0 Å². The molecule has 0 aromatic heterocycles. The number of hydrogen-bond donors (Lipinski definition) is 0. The molecule has 1 nitrogen and oxygen atoms in total. The van der Waals surface area contributed by atoms with Crippen molar-refractivity contribution < 1.29 is 0 Å². The van der Waals surface area contributed by atoms with Crippen molar-refractivity contribution in [2.24, 2.45) is 5.92 Å². The Bertz CT molecular complexity index is 268. The van der Waals surface area contributed by atoms with Crippen molar-refractivity contribution in [2.75, 3.05) is 20.1 Å². The summed E-state index contributed by atoms with van der Waals surface area (Å²) in [6, 6.07) is 10.9. The van der Waals surface area contributed by atoms with Crippen LogP contribution in [0.1, 0.15) is 18.4 Å². The van der Waals surface area contributed by atoms with Crippen LogP contribution in [0.5, 0.6) is 0 Å². The Labute approximate surface area is 86.7 Å². The highest BCUT2D eigenvalue weighted by molar-refractivity contribution is 5.15. The third kappa shape index (κ3) is 2.58. The second-order valence-electron chi connectivity index (χ2n) is 4.46. The molecule has 2 rings (SSSR count). The second-order valence-corrected chi connectivity index (χ2v) is 4.46. The molecule has 1 aromatic carbocycles. The van der Waals surface area contributed by atoms with Crippen molar-refractivity contribution >= 4 is 0 Å². The largest absolute Gasteiger partial charge is 0.306 e. The summed E-state index contributed by atoms with van der Waals surface area (Å²) in [5, 5.41) is 0. The lowest BCUT2D eigenvalue weighted by atomic mass is 9.92. The minimum Gasteiger partial charge on any atom is -0.306 e. The van der Waals surface area contributed by atoms with E-state index < -0.39 is 0 Å². The fourth-order valence-corrected chi connectivity index (χ4v) is 2.39. The molecule has 0 aliphatic carbocycles. The van der Waals surface area contributed by atoms with E-state index in [9.17, 15) is 0 Å². The Hall–Kier alpha value is -0.820. The smallest absolute Gasteiger partial charge is 0.000979 e. The lowest BCUT2D eigenvalue weighted by Gasteiger charge is -2.29. The van der Waals surface area contributed by atoms with Crippen molar-refractivity contribution in [3.8, 4) is 0 Å². The van der Waals surface area contributed by atoms with Gasteiger partial charge in [-0.15, -0.1) is 0 Å². The average molecular weight is 189 g/mol. The Balaban J connectivity index is 1.91. The van der Waals surface area contributed by atoms with E-state index in [0.29, 0.717) is 0 Å². The quantitative estimate of drug-likeness (QED) is 0.691. The molecule has 1 heteroatoms. The van der Waals surface area contributed by atoms with Crippen molar-refractivity contribution in [2.45, 2.75) is 19.3 Å². The zero-order valence-electron chi connectivity index (χ0n) is 8.95. The van der Waals surface area contributed by atoms with E-state index in [1.165, 1.54) is 37.9 Å². The van der Waals surface area contributed by atoms with Gasteiger partial charge < -0.3 is 4.90 Å². The number of likely N-dealkylation sites (tertiary alicyclic amines) is 1. The molecule has 0 spiro atoms. The van der Waals surface area contributed by atoms with Crippen molar-refractivity contribution in [3.05, 3.63) is 35.9 Å².